The van der Waals surface area contributed by atoms with E-state index in [1.54, 1.807) is 0 Å². The number of hydrogen-bond acceptors (Lipinski definition) is 2. The topological polar surface area (TPSA) is 26.3 Å². The Bertz CT molecular complexity index is 610. The Morgan fingerprint density at radius 2 is 1.52 bits per heavy atom. The van der Waals surface area contributed by atoms with E-state index >= 15 is 0 Å². The van der Waals surface area contributed by atoms with Gasteiger partial charge in [0.2, 0.25) is 0 Å². The SMILES string of the molecule is CC1(OC(=O)C(C)(C)C(C)(C)C(C)(C)C)C2CC3CC4CC1C4(C3)C2. The van der Waals surface area contributed by atoms with Crippen LogP contribution in [0.1, 0.15) is 87.5 Å². The summed E-state index contributed by atoms with van der Waals surface area (Å²) in [6.45, 7) is 17.6. The number of esters is 1. The first-order valence-corrected chi connectivity index (χ1v) is 10.5. The Morgan fingerprint density at radius 3 is 2.12 bits per heavy atom. The Hall–Kier alpha value is -0.530. The molecule has 2 nitrogen and oxygen atoms in total. The normalized spacial score (nSPS) is 45.3. The van der Waals surface area contributed by atoms with Gasteiger partial charge >= 0.3 is 5.97 Å². The molecular formula is C23H38O2. The molecule has 6 unspecified atom stereocenters. The molecule has 4 rings (SSSR count). The zero-order chi connectivity index (χ0) is 18.6. The molecule has 2 heteroatoms. The quantitative estimate of drug-likeness (QED) is 0.600. The molecule has 0 heterocycles. The van der Waals surface area contributed by atoms with Crippen molar-refractivity contribution in [2.75, 3.05) is 0 Å². The van der Waals surface area contributed by atoms with Crippen LogP contribution in [0, 0.1) is 45.3 Å². The van der Waals surface area contributed by atoms with E-state index in [0.717, 1.165) is 11.8 Å². The fourth-order valence-corrected chi connectivity index (χ4v) is 7.26. The van der Waals surface area contributed by atoms with Crippen LogP contribution in [0.15, 0.2) is 0 Å². The van der Waals surface area contributed by atoms with Gasteiger partial charge in [0.1, 0.15) is 5.60 Å². The minimum atomic E-state index is -0.495. The molecular weight excluding hydrogens is 308 g/mol. The number of rotatable bonds is 3. The van der Waals surface area contributed by atoms with E-state index in [0.29, 0.717) is 17.3 Å². The lowest BCUT2D eigenvalue weighted by molar-refractivity contribution is -0.199. The van der Waals surface area contributed by atoms with Crippen LogP contribution in [0.25, 0.3) is 0 Å². The molecule has 0 aromatic rings. The molecule has 6 atom stereocenters. The van der Waals surface area contributed by atoms with Crippen LogP contribution in [0.3, 0.4) is 0 Å². The predicted octanol–water partition coefficient (Wildman–Crippen LogP) is 5.84. The fourth-order valence-electron chi connectivity index (χ4n) is 7.26. The van der Waals surface area contributed by atoms with Crippen LogP contribution in [-0.2, 0) is 9.53 Å². The van der Waals surface area contributed by atoms with Gasteiger partial charge in [0, 0.05) is 5.92 Å². The molecule has 0 aromatic heterocycles. The van der Waals surface area contributed by atoms with Crippen molar-refractivity contribution in [3.05, 3.63) is 0 Å². The van der Waals surface area contributed by atoms with Gasteiger partial charge < -0.3 is 4.74 Å². The smallest absolute Gasteiger partial charge is 0.312 e. The first-order chi connectivity index (χ1) is 11.3. The van der Waals surface area contributed by atoms with Crippen molar-refractivity contribution in [1.82, 2.24) is 0 Å². The van der Waals surface area contributed by atoms with Crippen molar-refractivity contribution in [3.63, 3.8) is 0 Å². The van der Waals surface area contributed by atoms with Crippen LogP contribution in [-0.4, -0.2) is 11.6 Å². The molecule has 0 aliphatic heterocycles. The van der Waals surface area contributed by atoms with Gasteiger partial charge in [0.15, 0.2) is 0 Å². The number of carbonyl (C=O) groups is 1. The molecule has 0 aromatic carbocycles. The summed E-state index contributed by atoms with van der Waals surface area (Å²) >= 11 is 0. The highest BCUT2D eigenvalue weighted by atomic mass is 16.6. The molecule has 0 saturated heterocycles. The van der Waals surface area contributed by atoms with Gasteiger partial charge in [-0.25, -0.2) is 0 Å². The van der Waals surface area contributed by atoms with Crippen LogP contribution in [0.5, 0.6) is 0 Å². The molecule has 4 saturated carbocycles. The predicted molar refractivity (Wildman–Crippen MR) is 101 cm³/mol. The van der Waals surface area contributed by atoms with Gasteiger partial charge in [-0.3, -0.25) is 4.79 Å². The van der Waals surface area contributed by atoms with Crippen molar-refractivity contribution in [3.8, 4) is 0 Å². The highest BCUT2D eigenvalue weighted by molar-refractivity contribution is 5.77. The van der Waals surface area contributed by atoms with Crippen LogP contribution >= 0.6 is 0 Å². The lowest BCUT2D eigenvalue weighted by Crippen LogP contribution is -2.55. The maximum Gasteiger partial charge on any atom is 0.312 e. The van der Waals surface area contributed by atoms with Gasteiger partial charge in [0.25, 0.3) is 0 Å². The summed E-state index contributed by atoms with van der Waals surface area (Å²) in [6, 6.07) is 0. The molecule has 142 valence electrons. The van der Waals surface area contributed by atoms with E-state index < -0.39 is 5.41 Å². The largest absolute Gasteiger partial charge is 0.458 e. The number of hydrogen-bond donors (Lipinski definition) is 0. The zero-order valence-corrected chi connectivity index (χ0v) is 17.7. The third kappa shape index (κ3) is 1.95. The van der Waals surface area contributed by atoms with Gasteiger partial charge in [-0.1, -0.05) is 34.6 Å². The number of fused-ring (bicyclic) bond motifs is 2. The highest BCUT2D eigenvalue weighted by Gasteiger charge is 2.75. The lowest BCUT2D eigenvalue weighted by atomic mass is 9.53. The summed E-state index contributed by atoms with van der Waals surface area (Å²) < 4.78 is 6.52. The standard InChI is InChI=1S/C23H38O2/c1-19(2,3)21(6,7)20(4,5)18(24)25-22(8)16-10-14-9-15-11-17(22)23(15,12-14)13-16/h14-17H,9-13H2,1-8H3. The lowest BCUT2D eigenvalue weighted by Gasteiger charge is -2.54. The number of carbonyl (C=O) groups excluding carboxylic acids is 1. The third-order valence-corrected chi connectivity index (χ3v) is 10.3. The third-order valence-electron chi connectivity index (χ3n) is 10.3. The first kappa shape index (κ1) is 17.9. The highest BCUT2D eigenvalue weighted by Crippen LogP contribution is 2.78. The molecule has 0 N–H and O–H groups in total. The second kappa shape index (κ2) is 4.65. The van der Waals surface area contributed by atoms with Crippen LogP contribution in [0.4, 0.5) is 0 Å². The Balaban J connectivity index is 1.60. The summed E-state index contributed by atoms with van der Waals surface area (Å²) in [5, 5.41) is 0. The average molecular weight is 347 g/mol. The van der Waals surface area contributed by atoms with E-state index in [1.807, 2.05) is 0 Å². The van der Waals surface area contributed by atoms with Crippen molar-refractivity contribution in [2.24, 2.45) is 45.3 Å². The van der Waals surface area contributed by atoms with Crippen LogP contribution in [0.2, 0.25) is 0 Å². The Kier molecular flexibility index (Phi) is 3.32. The average Bonchev–Trinajstić information content (AvgIpc) is 2.72. The van der Waals surface area contributed by atoms with Crippen LogP contribution < -0.4 is 0 Å². The summed E-state index contributed by atoms with van der Waals surface area (Å²) in [5.41, 5.74) is -0.257. The van der Waals surface area contributed by atoms with Crippen molar-refractivity contribution in [2.45, 2.75) is 93.1 Å². The Labute approximate surface area is 154 Å². The minimum absolute atomic E-state index is 0.0261. The second-order valence-corrected chi connectivity index (χ2v) is 12.2. The second-order valence-electron chi connectivity index (χ2n) is 12.2. The van der Waals surface area contributed by atoms with Gasteiger partial charge in [-0.15, -0.1) is 0 Å². The minimum Gasteiger partial charge on any atom is -0.458 e. The summed E-state index contributed by atoms with van der Waals surface area (Å²) in [4.78, 5) is 13.5. The molecule has 4 aliphatic rings. The summed E-state index contributed by atoms with van der Waals surface area (Å²) in [5.74, 6) is 3.10. The van der Waals surface area contributed by atoms with E-state index in [9.17, 15) is 4.79 Å². The van der Waals surface area contributed by atoms with Gasteiger partial charge in [-0.2, -0.15) is 0 Å². The van der Waals surface area contributed by atoms with Crippen molar-refractivity contribution < 1.29 is 9.53 Å². The molecule has 4 fully saturated rings. The maximum absolute atomic E-state index is 13.5. The van der Waals surface area contributed by atoms with Gasteiger partial charge in [-0.05, 0) is 86.9 Å². The molecule has 4 aliphatic carbocycles. The fraction of sp³-hybridized carbons (Fsp3) is 0.957. The van der Waals surface area contributed by atoms with Crippen molar-refractivity contribution in [1.29, 1.82) is 0 Å². The number of ether oxygens (including phenoxy) is 1. The summed E-state index contributed by atoms with van der Waals surface area (Å²) in [6.07, 6.45) is 6.80. The molecule has 3 bridgehead atoms. The summed E-state index contributed by atoms with van der Waals surface area (Å²) in [7, 11) is 0. The molecule has 0 amide bonds. The molecule has 1 spiro atoms. The first-order valence-electron chi connectivity index (χ1n) is 10.5. The van der Waals surface area contributed by atoms with E-state index in [4.69, 9.17) is 4.74 Å². The zero-order valence-electron chi connectivity index (χ0n) is 17.7. The molecule has 25 heavy (non-hydrogen) atoms. The van der Waals surface area contributed by atoms with Gasteiger partial charge in [0.05, 0.1) is 5.41 Å². The van der Waals surface area contributed by atoms with Crippen molar-refractivity contribution >= 4 is 5.97 Å². The molecule has 0 radical (unpaired) electrons. The van der Waals surface area contributed by atoms with E-state index in [1.165, 1.54) is 32.1 Å². The monoisotopic (exact) mass is 346 g/mol. The van der Waals surface area contributed by atoms with E-state index in [-0.39, 0.29) is 22.4 Å². The van der Waals surface area contributed by atoms with E-state index in [2.05, 4.69) is 55.4 Å². The maximum atomic E-state index is 13.5. The Morgan fingerprint density at radius 1 is 0.920 bits per heavy atom.